The number of rotatable bonds is 7. The number of Topliss-reactive ketones (excluding diaryl/α,β-unsaturated/α-hetero) is 1. The predicted octanol–water partition coefficient (Wildman–Crippen LogP) is 4.31. The van der Waals surface area contributed by atoms with Gasteiger partial charge in [0.25, 0.3) is 11.7 Å². The summed E-state index contributed by atoms with van der Waals surface area (Å²) in [7, 11) is 1.54. The number of hydrogen-bond acceptors (Lipinski definition) is 6. The number of benzene rings is 2. The smallest absolute Gasteiger partial charge is 0.296 e. The summed E-state index contributed by atoms with van der Waals surface area (Å²) in [4.78, 5) is 27.4. The molecule has 2 aromatic carbocycles. The number of amides is 1. The van der Waals surface area contributed by atoms with Gasteiger partial charge >= 0.3 is 0 Å². The van der Waals surface area contributed by atoms with Gasteiger partial charge in [-0.3, -0.25) is 9.59 Å². The molecule has 3 aromatic rings. The van der Waals surface area contributed by atoms with Crippen molar-refractivity contribution in [2.24, 2.45) is 0 Å². The number of nitrogens with zero attached hydrogens (tertiary/aromatic N) is 1. The van der Waals surface area contributed by atoms with E-state index in [2.05, 4.69) is 0 Å². The maximum atomic E-state index is 13.0. The second-order valence-corrected chi connectivity index (χ2v) is 7.24. The first-order valence-electron chi connectivity index (χ1n) is 10.2. The quantitative estimate of drug-likeness (QED) is 0.339. The third-order valence-corrected chi connectivity index (χ3v) is 5.32. The molecule has 1 aliphatic rings. The van der Waals surface area contributed by atoms with Crippen LogP contribution < -0.4 is 9.47 Å². The fraction of sp³-hybridized carbons (Fsp3) is 0.200. The summed E-state index contributed by atoms with van der Waals surface area (Å²) in [6.07, 6.45) is 1.51. The minimum absolute atomic E-state index is 0.0240. The fourth-order valence-electron chi connectivity index (χ4n) is 3.78. The number of methoxy groups -OCH3 is 1. The molecule has 0 spiro atoms. The molecule has 7 heteroatoms. The highest BCUT2D eigenvalue weighted by Gasteiger charge is 2.46. The van der Waals surface area contributed by atoms with Gasteiger partial charge in [-0.25, -0.2) is 0 Å². The van der Waals surface area contributed by atoms with Crippen molar-refractivity contribution in [3.8, 4) is 11.5 Å². The summed E-state index contributed by atoms with van der Waals surface area (Å²) in [5.41, 5.74) is 1.11. The Kier molecular flexibility index (Phi) is 5.98. The van der Waals surface area contributed by atoms with Gasteiger partial charge < -0.3 is 23.9 Å². The van der Waals surface area contributed by atoms with Crippen molar-refractivity contribution in [3.63, 3.8) is 0 Å². The fourth-order valence-corrected chi connectivity index (χ4v) is 3.78. The average molecular weight is 433 g/mol. The molecular formula is C25H23NO6. The van der Waals surface area contributed by atoms with E-state index in [4.69, 9.17) is 13.9 Å². The molecule has 7 nitrogen and oxygen atoms in total. The molecule has 1 aromatic heterocycles. The van der Waals surface area contributed by atoms with Crippen LogP contribution in [0.25, 0.3) is 5.76 Å². The Morgan fingerprint density at radius 2 is 1.72 bits per heavy atom. The molecule has 1 N–H and O–H groups in total. The van der Waals surface area contributed by atoms with Crippen LogP contribution in [0.1, 0.15) is 29.9 Å². The van der Waals surface area contributed by atoms with Crippen LogP contribution in [0.3, 0.4) is 0 Å². The van der Waals surface area contributed by atoms with Crippen molar-refractivity contribution in [1.82, 2.24) is 4.90 Å². The Morgan fingerprint density at radius 3 is 2.31 bits per heavy atom. The predicted molar refractivity (Wildman–Crippen MR) is 117 cm³/mol. The Morgan fingerprint density at radius 1 is 1.03 bits per heavy atom. The van der Waals surface area contributed by atoms with E-state index < -0.39 is 17.7 Å². The molecular weight excluding hydrogens is 410 g/mol. The minimum Gasteiger partial charge on any atom is -0.507 e. The Bertz CT molecular complexity index is 1130. The summed E-state index contributed by atoms with van der Waals surface area (Å²) in [6, 6.07) is 16.5. The average Bonchev–Trinajstić information content (AvgIpc) is 3.42. The van der Waals surface area contributed by atoms with Crippen LogP contribution in [0.4, 0.5) is 0 Å². The zero-order valence-electron chi connectivity index (χ0n) is 17.8. The van der Waals surface area contributed by atoms with Crippen LogP contribution in [0.15, 0.2) is 76.9 Å². The molecule has 164 valence electrons. The van der Waals surface area contributed by atoms with Crippen LogP contribution in [0.2, 0.25) is 0 Å². The number of carbonyl (C=O) groups excluding carboxylic acids is 2. The lowest BCUT2D eigenvalue weighted by molar-refractivity contribution is -0.140. The summed E-state index contributed by atoms with van der Waals surface area (Å²) >= 11 is 0. The van der Waals surface area contributed by atoms with Crippen molar-refractivity contribution >= 4 is 17.4 Å². The lowest BCUT2D eigenvalue weighted by Crippen LogP contribution is -2.29. The number of likely N-dealkylation sites (tertiary alicyclic amines) is 1. The van der Waals surface area contributed by atoms with Crippen molar-refractivity contribution in [1.29, 1.82) is 0 Å². The molecule has 1 amide bonds. The van der Waals surface area contributed by atoms with E-state index in [1.807, 2.05) is 6.92 Å². The SMILES string of the molecule is CCOc1ccc([C@@H]2/C(=C(\O)c3ccc(OC)cc3)C(=O)C(=O)N2Cc2ccco2)cc1. The molecule has 4 rings (SSSR count). The largest absolute Gasteiger partial charge is 0.507 e. The van der Waals surface area contributed by atoms with E-state index >= 15 is 0 Å². The molecule has 1 aliphatic heterocycles. The van der Waals surface area contributed by atoms with E-state index in [0.29, 0.717) is 35.0 Å². The van der Waals surface area contributed by atoms with E-state index in [0.717, 1.165) is 0 Å². The van der Waals surface area contributed by atoms with Gasteiger partial charge in [0.1, 0.15) is 23.0 Å². The van der Waals surface area contributed by atoms with Crippen molar-refractivity contribution in [3.05, 3.63) is 89.4 Å². The van der Waals surface area contributed by atoms with Crippen LogP contribution in [0, 0.1) is 0 Å². The van der Waals surface area contributed by atoms with Crippen LogP contribution in [-0.2, 0) is 16.1 Å². The molecule has 1 atom stereocenters. The third kappa shape index (κ3) is 3.97. The van der Waals surface area contributed by atoms with E-state index in [1.54, 1.807) is 67.8 Å². The second kappa shape index (κ2) is 9.01. The highest BCUT2D eigenvalue weighted by Crippen LogP contribution is 2.40. The van der Waals surface area contributed by atoms with Gasteiger partial charge in [0.05, 0.1) is 38.1 Å². The van der Waals surface area contributed by atoms with Crippen molar-refractivity contribution in [2.45, 2.75) is 19.5 Å². The van der Waals surface area contributed by atoms with Gasteiger partial charge in [0.2, 0.25) is 0 Å². The lowest BCUT2D eigenvalue weighted by Gasteiger charge is -2.24. The molecule has 1 saturated heterocycles. The Hall–Kier alpha value is -4.00. The van der Waals surface area contributed by atoms with Gasteiger partial charge in [-0.1, -0.05) is 12.1 Å². The van der Waals surface area contributed by atoms with Crippen LogP contribution in [-0.4, -0.2) is 35.4 Å². The highest BCUT2D eigenvalue weighted by atomic mass is 16.5. The summed E-state index contributed by atoms with van der Waals surface area (Å²) in [5.74, 6) is 0.135. The molecule has 0 bridgehead atoms. The van der Waals surface area contributed by atoms with Crippen molar-refractivity contribution in [2.75, 3.05) is 13.7 Å². The molecule has 32 heavy (non-hydrogen) atoms. The van der Waals surface area contributed by atoms with Gasteiger partial charge in [-0.05, 0) is 61.0 Å². The van der Waals surface area contributed by atoms with E-state index in [9.17, 15) is 14.7 Å². The van der Waals surface area contributed by atoms with Gasteiger partial charge in [0.15, 0.2) is 0 Å². The monoisotopic (exact) mass is 433 g/mol. The molecule has 0 unspecified atom stereocenters. The highest BCUT2D eigenvalue weighted by molar-refractivity contribution is 6.46. The van der Waals surface area contributed by atoms with Gasteiger partial charge in [-0.15, -0.1) is 0 Å². The molecule has 0 aliphatic carbocycles. The number of ether oxygens (including phenoxy) is 2. The van der Waals surface area contributed by atoms with Gasteiger partial charge in [0, 0.05) is 5.56 Å². The molecule has 0 radical (unpaired) electrons. The first kappa shape index (κ1) is 21.2. The maximum absolute atomic E-state index is 13.0. The topological polar surface area (TPSA) is 89.2 Å². The minimum atomic E-state index is -0.780. The van der Waals surface area contributed by atoms with Crippen LogP contribution >= 0.6 is 0 Å². The number of furan rings is 1. The number of ketones is 1. The first-order valence-corrected chi connectivity index (χ1v) is 10.2. The zero-order valence-corrected chi connectivity index (χ0v) is 17.8. The van der Waals surface area contributed by atoms with E-state index in [1.165, 1.54) is 11.2 Å². The number of hydrogen-bond donors (Lipinski definition) is 1. The van der Waals surface area contributed by atoms with Crippen LogP contribution in [0.5, 0.6) is 11.5 Å². The number of aliphatic hydroxyl groups is 1. The zero-order chi connectivity index (χ0) is 22.7. The molecule has 0 saturated carbocycles. The second-order valence-electron chi connectivity index (χ2n) is 7.24. The standard InChI is InChI=1S/C25H23NO6/c1-3-31-19-12-6-16(7-13-19)22-21(23(27)17-8-10-18(30-2)11-9-17)24(28)25(29)26(22)15-20-5-4-14-32-20/h4-14,22,27H,3,15H2,1-2H3/b23-21+/t22-/m1/s1. The lowest BCUT2D eigenvalue weighted by atomic mass is 9.95. The Balaban J connectivity index is 1.81. The van der Waals surface area contributed by atoms with Crippen molar-refractivity contribution < 1.29 is 28.6 Å². The first-order chi connectivity index (χ1) is 15.5. The normalized spacial score (nSPS) is 17.6. The summed E-state index contributed by atoms with van der Waals surface area (Å²) < 4.78 is 16.1. The summed E-state index contributed by atoms with van der Waals surface area (Å²) in [6.45, 7) is 2.50. The Labute approximate surface area is 185 Å². The number of carbonyl (C=O) groups is 2. The third-order valence-electron chi connectivity index (χ3n) is 5.32. The van der Waals surface area contributed by atoms with E-state index in [-0.39, 0.29) is 17.9 Å². The number of aliphatic hydroxyl groups excluding tert-OH is 1. The molecule has 1 fully saturated rings. The molecule has 2 heterocycles. The summed E-state index contributed by atoms with van der Waals surface area (Å²) in [5, 5.41) is 11.1. The maximum Gasteiger partial charge on any atom is 0.296 e. The van der Waals surface area contributed by atoms with Gasteiger partial charge in [-0.2, -0.15) is 0 Å².